The number of phenolic OH excluding ortho intramolecular Hbond substituents is 1. The van der Waals surface area contributed by atoms with Crippen LogP contribution in [-0.4, -0.2) is 34.0 Å². The molecule has 0 heterocycles. The number of benzene rings is 2. The molecule has 0 fully saturated rings. The first-order chi connectivity index (χ1) is 13.5. The van der Waals surface area contributed by atoms with Gasteiger partial charge in [-0.05, 0) is 19.1 Å². The molecule has 31 heavy (non-hydrogen) atoms. The maximum absolute atomic E-state index is 12.3. The van der Waals surface area contributed by atoms with Gasteiger partial charge in [0.2, 0.25) is 0 Å². The summed E-state index contributed by atoms with van der Waals surface area (Å²) in [6.45, 7) is 1.11. The van der Waals surface area contributed by atoms with Gasteiger partial charge in [0.25, 0.3) is 11.6 Å². The molecule has 0 aliphatic rings. The van der Waals surface area contributed by atoms with Gasteiger partial charge in [-0.25, -0.2) is 8.42 Å². The normalized spacial score (nSPS) is 11.7. The zero-order valence-electron chi connectivity index (χ0n) is 16.0. The Bertz CT molecular complexity index is 1140. The number of aromatic hydroxyl groups is 1. The second kappa shape index (κ2) is 11.9. The number of carbonyl (C=O) groups excluding carboxylic acids is 1. The van der Waals surface area contributed by atoms with Crippen LogP contribution in [0.1, 0.15) is 6.92 Å². The summed E-state index contributed by atoms with van der Waals surface area (Å²) in [4.78, 5) is 20.9. The minimum atomic E-state index is -5.27. The summed E-state index contributed by atoms with van der Waals surface area (Å²) in [5, 5.41) is 39.8. The van der Waals surface area contributed by atoms with E-state index in [1.807, 2.05) is 0 Å². The summed E-state index contributed by atoms with van der Waals surface area (Å²) in [7, 11) is -5.27. The number of aliphatic hydroxyl groups is 1. The van der Waals surface area contributed by atoms with Gasteiger partial charge in [-0.15, -0.1) is 10.2 Å². The van der Waals surface area contributed by atoms with Gasteiger partial charge >= 0.3 is 29.6 Å². The number of hydrogen-bond donors (Lipinski definition) is 3. The van der Waals surface area contributed by atoms with Gasteiger partial charge in [0.05, 0.1) is 4.92 Å². The van der Waals surface area contributed by atoms with E-state index in [-0.39, 0.29) is 46.9 Å². The minimum absolute atomic E-state index is 0. The number of nitro benzene ring substituents is 1. The molecular weight excluding hydrogens is 483 g/mol. The van der Waals surface area contributed by atoms with Crippen LogP contribution in [0.4, 0.5) is 17.1 Å². The van der Waals surface area contributed by atoms with Gasteiger partial charge in [0.1, 0.15) is 26.5 Å². The third kappa shape index (κ3) is 7.71. The van der Waals surface area contributed by atoms with Crippen LogP contribution in [0.2, 0.25) is 0 Å². The summed E-state index contributed by atoms with van der Waals surface area (Å²) in [5.41, 5.74) is -1.87. The number of aliphatic hydroxyl groups excluding tert-OH is 1. The number of carbonyl (C=O) groups is 1. The Morgan fingerprint density at radius 3 is 2.26 bits per heavy atom. The smallest absolute Gasteiger partial charge is 0.744 e. The average Bonchev–Trinajstić information content (AvgIpc) is 2.62. The number of nitrogens with zero attached hydrogens (tertiary/aromatic N) is 3. The Hall–Kier alpha value is -2.31. The molecule has 0 bridgehead atoms. The van der Waals surface area contributed by atoms with Crippen molar-refractivity contribution >= 4 is 33.1 Å². The monoisotopic (exact) mass is 496 g/mol. The van der Waals surface area contributed by atoms with E-state index in [1.54, 1.807) is 30.3 Å². The van der Waals surface area contributed by atoms with Crippen LogP contribution in [0.15, 0.2) is 69.0 Å². The molecule has 158 valence electrons. The molecule has 2 aromatic rings. The zero-order valence-corrected chi connectivity index (χ0v) is 20.1. The number of allylic oxidation sites excluding steroid dienone is 1. The summed E-state index contributed by atoms with van der Waals surface area (Å²) in [5.74, 6) is -2.67. The molecular formula is C16H13CrN4NaO8S. The van der Waals surface area contributed by atoms with Crippen molar-refractivity contribution in [3.63, 3.8) is 0 Å². The number of para-hydroxylation sites is 1. The van der Waals surface area contributed by atoms with Crippen LogP contribution >= 0.6 is 0 Å². The quantitative estimate of drug-likeness (QED) is 0.0923. The first kappa shape index (κ1) is 28.7. The molecule has 2 aromatic carbocycles. The second-order valence-electron chi connectivity index (χ2n) is 5.48. The summed E-state index contributed by atoms with van der Waals surface area (Å²) in [6, 6.07) is 9.10. The topological polar surface area (TPSA) is 195 Å². The number of azo groups is 1. The minimum Gasteiger partial charge on any atom is -0.744 e. The third-order valence-corrected chi connectivity index (χ3v) is 4.22. The fourth-order valence-electron chi connectivity index (χ4n) is 2.05. The Labute approximate surface area is 209 Å². The number of phenols is 1. The molecule has 0 spiro atoms. The van der Waals surface area contributed by atoms with Gasteiger partial charge in [0, 0.05) is 35.2 Å². The Morgan fingerprint density at radius 2 is 1.77 bits per heavy atom. The van der Waals surface area contributed by atoms with E-state index in [9.17, 15) is 38.1 Å². The van der Waals surface area contributed by atoms with E-state index in [2.05, 4.69) is 15.5 Å². The van der Waals surface area contributed by atoms with Crippen molar-refractivity contribution in [1.29, 1.82) is 0 Å². The molecule has 2 rings (SSSR count). The van der Waals surface area contributed by atoms with Crippen LogP contribution < -0.4 is 34.9 Å². The summed E-state index contributed by atoms with van der Waals surface area (Å²) >= 11 is 0. The molecule has 3 N–H and O–H groups in total. The van der Waals surface area contributed by atoms with Crippen molar-refractivity contribution in [2.75, 3.05) is 5.32 Å². The van der Waals surface area contributed by atoms with E-state index in [0.717, 1.165) is 6.92 Å². The van der Waals surface area contributed by atoms with Crippen molar-refractivity contribution < 1.29 is 79.8 Å². The van der Waals surface area contributed by atoms with Crippen molar-refractivity contribution in [1.82, 2.24) is 0 Å². The summed E-state index contributed by atoms with van der Waals surface area (Å²) < 4.78 is 33.6. The number of nitro groups is 1. The van der Waals surface area contributed by atoms with E-state index < -0.39 is 54.4 Å². The molecule has 15 heteroatoms. The van der Waals surface area contributed by atoms with Gasteiger partial charge in [-0.3, -0.25) is 14.9 Å². The molecule has 1 amide bonds. The van der Waals surface area contributed by atoms with Crippen LogP contribution in [-0.2, 0) is 32.3 Å². The Balaban J connectivity index is 0.00000450. The predicted octanol–water partition coefficient (Wildman–Crippen LogP) is -0.282. The fourth-order valence-corrected chi connectivity index (χ4v) is 2.66. The van der Waals surface area contributed by atoms with Crippen molar-refractivity contribution in [2.45, 2.75) is 11.8 Å². The van der Waals surface area contributed by atoms with Crippen molar-refractivity contribution in [2.24, 2.45) is 10.2 Å². The van der Waals surface area contributed by atoms with E-state index in [1.165, 1.54) is 0 Å². The van der Waals surface area contributed by atoms with E-state index in [0.29, 0.717) is 17.8 Å². The number of anilines is 1. The number of nitrogens with one attached hydrogen (secondary N) is 1. The Morgan fingerprint density at radius 1 is 1.19 bits per heavy atom. The van der Waals surface area contributed by atoms with Crippen molar-refractivity contribution in [3.05, 3.63) is 64.0 Å². The number of non-ortho nitro benzene ring substituents is 1. The fraction of sp³-hybridized carbons (Fsp3) is 0.0625. The molecule has 0 radical (unpaired) electrons. The number of hydrogen-bond acceptors (Lipinski definition) is 10. The molecule has 0 aliphatic carbocycles. The largest absolute Gasteiger partial charge is 1.00 e. The van der Waals surface area contributed by atoms with Crippen LogP contribution in [0.25, 0.3) is 0 Å². The third-order valence-electron chi connectivity index (χ3n) is 3.37. The molecule has 0 aromatic heterocycles. The molecule has 0 saturated heterocycles. The summed E-state index contributed by atoms with van der Waals surface area (Å²) in [6.07, 6.45) is 0. The van der Waals surface area contributed by atoms with E-state index in [4.69, 9.17) is 0 Å². The van der Waals surface area contributed by atoms with E-state index >= 15 is 0 Å². The van der Waals surface area contributed by atoms with Gasteiger partial charge in [-0.1, -0.05) is 18.2 Å². The predicted molar refractivity (Wildman–Crippen MR) is 97.6 cm³/mol. The SMILES string of the molecule is C/C(O)=C(/N=N/c1cc([N+](=O)[O-])cc(S(=O)(=O)[O-])c1O)C(=O)Nc1ccccc1.[Cr].[Na+]. The maximum atomic E-state index is 12.3. The van der Waals surface area contributed by atoms with Crippen LogP contribution in [0, 0.1) is 10.1 Å². The van der Waals surface area contributed by atoms with Gasteiger partial charge < -0.3 is 20.1 Å². The first-order valence-corrected chi connectivity index (χ1v) is 9.07. The standard InChI is InChI=1S/C16H14N4O8S.Cr.Na/c1-9(21)14(16(23)17-10-5-3-2-4-6-10)19-18-12-7-11(20(24)25)8-13(15(12)22)29(26,27)28;;/h2-8,21-22H,1H3,(H,17,23)(H,26,27,28);;/q;;+1/p-1/b14-9-,19-18+;;. The molecule has 0 aliphatic heterocycles. The van der Waals surface area contributed by atoms with Crippen molar-refractivity contribution in [3.8, 4) is 5.75 Å². The van der Waals surface area contributed by atoms with Crippen LogP contribution in [0.3, 0.4) is 0 Å². The van der Waals surface area contributed by atoms with Gasteiger partial charge in [0.15, 0.2) is 11.4 Å². The number of amides is 1. The zero-order chi connectivity index (χ0) is 21.8. The van der Waals surface area contributed by atoms with Crippen LogP contribution in [0.5, 0.6) is 5.75 Å². The Kier molecular flexibility index (Phi) is 11.0. The average molecular weight is 496 g/mol. The molecule has 0 unspecified atom stereocenters. The second-order valence-corrected chi connectivity index (χ2v) is 6.83. The maximum Gasteiger partial charge on any atom is 1.00 e. The molecule has 12 nitrogen and oxygen atoms in total. The molecule has 0 atom stereocenters. The number of rotatable bonds is 6. The first-order valence-electron chi connectivity index (χ1n) is 7.66. The molecule has 0 saturated carbocycles. The van der Waals surface area contributed by atoms with Gasteiger partial charge in [-0.2, -0.15) is 0 Å².